The molecule has 30 heavy (non-hydrogen) atoms. The fourth-order valence-corrected chi connectivity index (χ4v) is 2.70. The number of carbonyl (C=O) groups is 3. The van der Waals surface area contributed by atoms with Crippen LogP contribution >= 0.6 is 0 Å². The van der Waals surface area contributed by atoms with Gasteiger partial charge in [-0.15, -0.1) is 0 Å². The van der Waals surface area contributed by atoms with E-state index < -0.39 is 23.7 Å². The normalized spacial score (nSPS) is 11.9. The van der Waals surface area contributed by atoms with Crippen molar-refractivity contribution >= 4 is 18.0 Å². The molecule has 2 aromatic carbocycles. The summed E-state index contributed by atoms with van der Waals surface area (Å²) in [5.41, 5.74) is 1.45. The van der Waals surface area contributed by atoms with E-state index in [0.717, 1.165) is 11.1 Å². The lowest BCUT2D eigenvalue weighted by Gasteiger charge is -2.23. The molecule has 0 aliphatic rings. The number of benzene rings is 2. The topological polar surface area (TPSA) is 93.7 Å². The molecule has 0 aromatic heterocycles. The lowest BCUT2D eigenvalue weighted by Crippen LogP contribution is -2.49. The Balaban J connectivity index is 2.10. The van der Waals surface area contributed by atoms with Crippen molar-refractivity contribution in [2.45, 2.75) is 45.4 Å². The number of carbonyl (C=O) groups excluding carboxylic acids is 3. The van der Waals surface area contributed by atoms with Gasteiger partial charge in [0.2, 0.25) is 5.91 Å². The summed E-state index contributed by atoms with van der Waals surface area (Å²) in [5, 5.41) is 5.48. The molecular formula is C23H28N2O5. The van der Waals surface area contributed by atoms with Gasteiger partial charge < -0.3 is 20.1 Å². The SMILES string of the molecule is COC(=O)c1ccc(C[C@@H](NC(=O)OC(C)(C)C)C(=O)NCc2ccccc2)cc1. The predicted octanol–water partition coefficient (Wildman–Crippen LogP) is 3.23. The summed E-state index contributed by atoms with van der Waals surface area (Å²) in [7, 11) is 1.31. The molecule has 7 nitrogen and oxygen atoms in total. The Morgan fingerprint density at radius 2 is 1.57 bits per heavy atom. The van der Waals surface area contributed by atoms with Crippen molar-refractivity contribution in [1.82, 2.24) is 10.6 Å². The number of esters is 1. The maximum Gasteiger partial charge on any atom is 0.408 e. The molecule has 0 heterocycles. The molecule has 160 valence electrons. The van der Waals surface area contributed by atoms with Crippen LogP contribution < -0.4 is 10.6 Å². The minimum atomic E-state index is -0.840. The molecule has 2 amide bonds. The van der Waals surface area contributed by atoms with Crippen LogP contribution in [0.2, 0.25) is 0 Å². The van der Waals surface area contributed by atoms with Gasteiger partial charge in [0.05, 0.1) is 12.7 Å². The average Bonchev–Trinajstić information content (AvgIpc) is 2.71. The highest BCUT2D eigenvalue weighted by Gasteiger charge is 2.24. The van der Waals surface area contributed by atoms with Crippen LogP contribution in [0.1, 0.15) is 42.3 Å². The molecule has 0 aliphatic heterocycles. The highest BCUT2D eigenvalue weighted by molar-refractivity contribution is 5.89. The summed E-state index contributed by atoms with van der Waals surface area (Å²) in [4.78, 5) is 36.6. The van der Waals surface area contributed by atoms with Crippen molar-refractivity contribution in [1.29, 1.82) is 0 Å². The third kappa shape index (κ3) is 7.58. The van der Waals surface area contributed by atoms with Crippen molar-refractivity contribution in [3.05, 3.63) is 71.3 Å². The first-order valence-electron chi connectivity index (χ1n) is 9.66. The minimum absolute atomic E-state index is 0.237. The zero-order valence-electron chi connectivity index (χ0n) is 17.7. The van der Waals surface area contributed by atoms with Crippen molar-refractivity contribution in [2.24, 2.45) is 0 Å². The third-order valence-electron chi connectivity index (χ3n) is 4.13. The van der Waals surface area contributed by atoms with E-state index in [9.17, 15) is 14.4 Å². The smallest absolute Gasteiger partial charge is 0.408 e. The molecule has 1 atom stereocenters. The monoisotopic (exact) mass is 412 g/mol. The van der Waals surface area contributed by atoms with E-state index in [1.165, 1.54) is 7.11 Å². The predicted molar refractivity (Wildman–Crippen MR) is 113 cm³/mol. The van der Waals surface area contributed by atoms with E-state index in [-0.39, 0.29) is 12.3 Å². The fraction of sp³-hybridized carbons (Fsp3) is 0.348. The number of rotatable bonds is 7. The number of hydrogen-bond donors (Lipinski definition) is 2. The molecule has 2 N–H and O–H groups in total. The molecule has 0 fully saturated rings. The van der Waals surface area contributed by atoms with Crippen LogP contribution in [0, 0.1) is 0 Å². The minimum Gasteiger partial charge on any atom is -0.465 e. The quantitative estimate of drug-likeness (QED) is 0.681. The van der Waals surface area contributed by atoms with Crippen LogP contribution in [0.15, 0.2) is 54.6 Å². The number of nitrogens with one attached hydrogen (secondary N) is 2. The van der Waals surface area contributed by atoms with Crippen LogP contribution in [0.4, 0.5) is 4.79 Å². The van der Waals surface area contributed by atoms with Gasteiger partial charge in [0.25, 0.3) is 0 Å². The van der Waals surface area contributed by atoms with Crippen molar-refractivity contribution in [2.75, 3.05) is 7.11 Å². The van der Waals surface area contributed by atoms with Crippen LogP contribution in [-0.4, -0.2) is 36.7 Å². The molecule has 0 unspecified atom stereocenters. The van der Waals surface area contributed by atoms with Gasteiger partial charge in [0, 0.05) is 13.0 Å². The number of amides is 2. The van der Waals surface area contributed by atoms with Gasteiger partial charge in [-0.2, -0.15) is 0 Å². The third-order valence-corrected chi connectivity index (χ3v) is 4.13. The van der Waals surface area contributed by atoms with Gasteiger partial charge in [0.1, 0.15) is 11.6 Å². The molecule has 0 aliphatic carbocycles. The lowest BCUT2D eigenvalue weighted by atomic mass is 10.0. The second-order valence-electron chi connectivity index (χ2n) is 7.79. The molecule has 0 saturated carbocycles. The highest BCUT2D eigenvalue weighted by atomic mass is 16.6. The first kappa shape index (κ1) is 22.9. The number of ether oxygens (including phenoxy) is 2. The summed E-state index contributed by atoms with van der Waals surface area (Å²) >= 11 is 0. The molecule has 0 saturated heterocycles. The van der Waals surface area contributed by atoms with Gasteiger partial charge in [-0.25, -0.2) is 9.59 Å². The van der Waals surface area contributed by atoms with Gasteiger partial charge in [0.15, 0.2) is 0 Å². The van der Waals surface area contributed by atoms with Gasteiger partial charge in [-0.1, -0.05) is 42.5 Å². The maximum atomic E-state index is 12.8. The summed E-state index contributed by atoms with van der Waals surface area (Å²) in [6.45, 7) is 5.60. The van der Waals surface area contributed by atoms with Crippen molar-refractivity contribution in [3.63, 3.8) is 0 Å². The van der Waals surface area contributed by atoms with E-state index in [1.807, 2.05) is 30.3 Å². The van der Waals surface area contributed by atoms with Crippen LogP contribution in [-0.2, 0) is 27.2 Å². The molecule has 2 aromatic rings. The van der Waals surface area contributed by atoms with E-state index in [1.54, 1.807) is 45.0 Å². The molecule has 0 radical (unpaired) electrons. The summed E-state index contributed by atoms with van der Waals surface area (Å²) in [6, 6.07) is 15.3. The fourth-order valence-electron chi connectivity index (χ4n) is 2.70. The lowest BCUT2D eigenvalue weighted by molar-refractivity contribution is -0.123. The zero-order valence-corrected chi connectivity index (χ0v) is 17.7. The Labute approximate surface area is 176 Å². The van der Waals surface area contributed by atoms with E-state index >= 15 is 0 Å². The Morgan fingerprint density at radius 3 is 2.13 bits per heavy atom. The molecule has 0 bridgehead atoms. The van der Waals surface area contributed by atoms with Crippen molar-refractivity contribution in [3.8, 4) is 0 Å². The van der Waals surface area contributed by atoms with E-state index in [0.29, 0.717) is 12.1 Å². The maximum absolute atomic E-state index is 12.8. The summed E-state index contributed by atoms with van der Waals surface area (Å²) < 4.78 is 9.98. The van der Waals surface area contributed by atoms with Gasteiger partial charge in [-0.05, 0) is 44.0 Å². The first-order chi connectivity index (χ1) is 14.2. The highest BCUT2D eigenvalue weighted by Crippen LogP contribution is 2.11. The zero-order chi connectivity index (χ0) is 22.1. The summed E-state index contributed by atoms with van der Waals surface area (Å²) in [5.74, 6) is -0.771. The Morgan fingerprint density at radius 1 is 0.933 bits per heavy atom. The largest absolute Gasteiger partial charge is 0.465 e. The van der Waals surface area contributed by atoms with E-state index in [2.05, 4.69) is 10.6 Å². The van der Waals surface area contributed by atoms with Gasteiger partial charge >= 0.3 is 12.1 Å². The second-order valence-corrected chi connectivity index (χ2v) is 7.79. The van der Waals surface area contributed by atoms with Gasteiger partial charge in [-0.3, -0.25) is 4.79 Å². The van der Waals surface area contributed by atoms with Crippen LogP contribution in [0.5, 0.6) is 0 Å². The number of hydrogen-bond acceptors (Lipinski definition) is 5. The average molecular weight is 412 g/mol. The summed E-state index contributed by atoms with van der Waals surface area (Å²) in [6.07, 6.45) is -0.435. The Hall–Kier alpha value is -3.35. The van der Waals surface area contributed by atoms with E-state index in [4.69, 9.17) is 9.47 Å². The van der Waals surface area contributed by atoms with Crippen molar-refractivity contribution < 1.29 is 23.9 Å². The number of methoxy groups -OCH3 is 1. The molecular weight excluding hydrogens is 384 g/mol. The Kier molecular flexibility index (Phi) is 7.98. The standard InChI is InChI=1S/C23H28N2O5/c1-23(2,3)30-22(28)25-19(20(26)24-15-17-8-6-5-7-9-17)14-16-10-12-18(13-11-16)21(27)29-4/h5-13,19H,14-15H2,1-4H3,(H,24,26)(H,25,28)/t19-/m1/s1. The molecule has 7 heteroatoms. The first-order valence-corrected chi connectivity index (χ1v) is 9.66. The van der Waals surface area contributed by atoms with Crippen LogP contribution in [0.25, 0.3) is 0 Å². The number of alkyl carbamates (subject to hydrolysis) is 1. The second kappa shape index (κ2) is 10.4. The van der Waals surface area contributed by atoms with Crippen LogP contribution in [0.3, 0.4) is 0 Å². The molecule has 0 spiro atoms. The molecule has 2 rings (SSSR count). The Bertz CT molecular complexity index is 857.